The van der Waals surface area contributed by atoms with Crippen LogP contribution in [0.4, 0.5) is 0 Å². The van der Waals surface area contributed by atoms with E-state index in [1.807, 2.05) is 0 Å². The summed E-state index contributed by atoms with van der Waals surface area (Å²) in [7, 11) is 0. The molecule has 0 N–H and O–H groups in total. The third-order valence-corrected chi connectivity index (χ3v) is 5.40. The Bertz CT molecular complexity index is 297. The smallest absolute Gasteiger partial charge is 0.312 e. The fourth-order valence-corrected chi connectivity index (χ4v) is 4.90. The zero-order chi connectivity index (χ0) is 12.8. The minimum Gasteiger partial charge on any atom is -0.465 e. The lowest BCUT2D eigenvalue weighted by Gasteiger charge is -2.55. The maximum absolute atomic E-state index is 12.5. The van der Waals surface area contributed by atoms with Gasteiger partial charge in [0, 0.05) is 0 Å². The molecule has 0 radical (unpaired) electrons. The molecule has 2 nitrogen and oxygen atoms in total. The highest BCUT2D eigenvalue weighted by molar-refractivity contribution is 5.77. The average molecular weight is 250 g/mol. The van der Waals surface area contributed by atoms with Crippen molar-refractivity contribution < 1.29 is 9.53 Å². The summed E-state index contributed by atoms with van der Waals surface area (Å²) in [5.41, 5.74) is -0.0638. The van der Waals surface area contributed by atoms with Crippen LogP contribution in [-0.2, 0) is 9.53 Å². The second-order valence-corrected chi connectivity index (χ2v) is 7.52. The molecule has 4 rings (SSSR count). The molecule has 0 saturated heterocycles. The van der Waals surface area contributed by atoms with E-state index in [0.717, 1.165) is 43.4 Å². The highest BCUT2D eigenvalue weighted by Gasteiger charge is 2.55. The van der Waals surface area contributed by atoms with Gasteiger partial charge in [0.2, 0.25) is 0 Å². The van der Waals surface area contributed by atoms with Crippen LogP contribution in [0.3, 0.4) is 0 Å². The zero-order valence-corrected chi connectivity index (χ0v) is 11.8. The van der Waals surface area contributed by atoms with Crippen molar-refractivity contribution in [2.75, 3.05) is 6.61 Å². The van der Waals surface area contributed by atoms with Crippen molar-refractivity contribution in [1.82, 2.24) is 0 Å². The lowest BCUT2D eigenvalue weighted by atomic mass is 9.49. The van der Waals surface area contributed by atoms with E-state index in [1.54, 1.807) is 0 Å². The van der Waals surface area contributed by atoms with Crippen LogP contribution < -0.4 is 0 Å². The number of carbonyl (C=O) groups is 1. The van der Waals surface area contributed by atoms with Crippen LogP contribution in [0.1, 0.15) is 58.8 Å². The second-order valence-electron chi connectivity index (χ2n) is 7.52. The molecule has 4 bridgehead atoms. The highest BCUT2D eigenvalue weighted by Crippen LogP contribution is 2.60. The van der Waals surface area contributed by atoms with Crippen LogP contribution in [0.5, 0.6) is 0 Å². The Balaban J connectivity index is 1.62. The maximum Gasteiger partial charge on any atom is 0.312 e. The van der Waals surface area contributed by atoms with Crippen LogP contribution in [-0.4, -0.2) is 12.6 Å². The fraction of sp³-hybridized carbons (Fsp3) is 0.938. The van der Waals surface area contributed by atoms with Crippen LogP contribution in [0.25, 0.3) is 0 Å². The first-order valence-electron chi connectivity index (χ1n) is 7.74. The normalized spacial score (nSPS) is 41.4. The summed E-state index contributed by atoms with van der Waals surface area (Å²) in [6.45, 7) is 4.98. The van der Waals surface area contributed by atoms with Crippen LogP contribution in [0.15, 0.2) is 0 Å². The summed E-state index contributed by atoms with van der Waals surface area (Å²) in [6.07, 6.45) is 8.53. The van der Waals surface area contributed by atoms with Gasteiger partial charge in [0.25, 0.3) is 0 Å². The van der Waals surface area contributed by atoms with Gasteiger partial charge in [-0.05, 0) is 68.6 Å². The summed E-state index contributed by atoms with van der Waals surface area (Å²) < 4.78 is 5.60. The first-order chi connectivity index (χ1) is 8.57. The van der Waals surface area contributed by atoms with E-state index < -0.39 is 0 Å². The molecule has 0 aromatic heterocycles. The fourth-order valence-electron chi connectivity index (χ4n) is 4.90. The minimum atomic E-state index is -0.0638. The molecule has 0 atom stereocenters. The predicted molar refractivity (Wildman–Crippen MR) is 71.0 cm³/mol. The lowest BCUT2D eigenvalue weighted by molar-refractivity contribution is -0.171. The Morgan fingerprint density at radius 1 is 1.11 bits per heavy atom. The summed E-state index contributed by atoms with van der Waals surface area (Å²) in [4.78, 5) is 12.5. The standard InChI is InChI=1S/C16H26O2/c1-11(2)3-4-18-15(17)16-8-12-5-13(9-16)7-14(6-12)10-16/h11-14H,3-10H2,1-2H3. The van der Waals surface area contributed by atoms with Crippen molar-refractivity contribution in [2.45, 2.75) is 58.8 Å². The van der Waals surface area contributed by atoms with Gasteiger partial charge in [-0.1, -0.05) is 13.8 Å². The third kappa shape index (κ3) is 2.19. The average Bonchev–Trinajstić information content (AvgIpc) is 2.26. The van der Waals surface area contributed by atoms with Gasteiger partial charge in [-0.25, -0.2) is 0 Å². The largest absolute Gasteiger partial charge is 0.465 e. The van der Waals surface area contributed by atoms with Gasteiger partial charge in [0.1, 0.15) is 0 Å². The first kappa shape index (κ1) is 12.5. The number of carbonyl (C=O) groups excluding carboxylic acids is 1. The summed E-state index contributed by atoms with van der Waals surface area (Å²) in [6, 6.07) is 0. The van der Waals surface area contributed by atoms with Crippen molar-refractivity contribution in [2.24, 2.45) is 29.1 Å². The predicted octanol–water partition coefficient (Wildman–Crippen LogP) is 3.79. The van der Waals surface area contributed by atoms with Crippen LogP contribution >= 0.6 is 0 Å². The molecule has 4 aliphatic carbocycles. The molecule has 4 saturated carbocycles. The molecule has 102 valence electrons. The molecule has 0 aromatic rings. The van der Waals surface area contributed by atoms with Crippen molar-refractivity contribution in [3.8, 4) is 0 Å². The van der Waals surface area contributed by atoms with Crippen molar-refractivity contribution in [3.63, 3.8) is 0 Å². The molecule has 0 spiro atoms. The molecular weight excluding hydrogens is 224 g/mol. The summed E-state index contributed by atoms with van der Waals surface area (Å²) in [5, 5.41) is 0. The molecule has 0 unspecified atom stereocenters. The van der Waals surface area contributed by atoms with E-state index in [9.17, 15) is 4.79 Å². The number of rotatable bonds is 4. The van der Waals surface area contributed by atoms with Crippen LogP contribution in [0, 0.1) is 29.1 Å². The zero-order valence-electron chi connectivity index (χ0n) is 11.8. The van der Waals surface area contributed by atoms with E-state index in [1.165, 1.54) is 19.3 Å². The van der Waals surface area contributed by atoms with E-state index in [-0.39, 0.29) is 11.4 Å². The van der Waals surface area contributed by atoms with E-state index in [2.05, 4.69) is 13.8 Å². The van der Waals surface area contributed by atoms with E-state index in [0.29, 0.717) is 12.5 Å². The Labute approximate surface area is 110 Å². The van der Waals surface area contributed by atoms with Gasteiger partial charge >= 0.3 is 5.97 Å². The van der Waals surface area contributed by atoms with Gasteiger partial charge in [0.15, 0.2) is 0 Å². The molecule has 0 amide bonds. The Hall–Kier alpha value is -0.530. The number of hydrogen-bond donors (Lipinski definition) is 0. The Morgan fingerprint density at radius 3 is 2.06 bits per heavy atom. The third-order valence-electron chi connectivity index (χ3n) is 5.40. The molecule has 0 aromatic carbocycles. The Kier molecular flexibility index (Phi) is 3.15. The maximum atomic E-state index is 12.5. The highest BCUT2D eigenvalue weighted by atomic mass is 16.5. The summed E-state index contributed by atoms with van der Waals surface area (Å²) >= 11 is 0. The quantitative estimate of drug-likeness (QED) is 0.710. The topological polar surface area (TPSA) is 26.3 Å². The Morgan fingerprint density at radius 2 is 1.61 bits per heavy atom. The SMILES string of the molecule is CC(C)CCOC(=O)C12CC3CC(CC(C3)C1)C2. The van der Waals surface area contributed by atoms with Gasteiger partial charge in [-0.3, -0.25) is 4.79 Å². The first-order valence-corrected chi connectivity index (χ1v) is 7.74. The van der Waals surface area contributed by atoms with Crippen molar-refractivity contribution in [1.29, 1.82) is 0 Å². The second kappa shape index (κ2) is 4.54. The molecule has 4 fully saturated rings. The lowest BCUT2D eigenvalue weighted by Crippen LogP contribution is -2.50. The number of ether oxygens (including phenoxy) is 1. The van der Waals surface area contributed by atoms with E-state index in [4.69, 9.17) is 4.74 Å². The molecule has 4 aliphatic rings. The van der Waals surface area contributed by atoms with Crippen LogP contribution in [0.2, 0.25) is 0 Å². The minimum absolute atomic E-state index is 0.0638. The molecule has 2 heteroatoms. The number of hydrogen-bond acceptors (Lipinski definition) is 2. The molecule has 0 heterocycles. The number of esters is 1. The van der Waals surface area contributed by atoms with Gasteiger partial charge in [-0.15, -0.1) is 0 Å². The van der Waals surface area contributed by atoms with Crippen molar-refractivity contribution >= 4 is 5.97 Å². The van der Waals surface area contributed by atoms with Gasteiger partial charge in [0.05, 0.1) is 12.0 Å². The van der Waals surface area contributed by atoms with E-state index >= 15 is 0 Å². The monoisotopic (exact) mass is 250 g/mol. The summed E-state index contributed by atoms with van der Waals surface area (Å²) in [5.74, 6) is 3.24. The van der Waals surface area contributed by atoms with Crippen molar-refractivity contribution in [3.05, 3.63) is 0 Å². The van der Waals surface area contributed by atoms with Gasteiger partial charge < -0.3 is 4.74 Å². The molecule has 0 aliphatic heterocycles. The van der Waals surface area contributed by atoms with Gasteiger partial charge in [-0.2, -0.15) is 0 Å². The molecular formula is C16H26O2. The molecule has 18 heavy (non-hydrogen) atoms.